The van der Waals surface area contributed by atoms with Gasteiger partial charge in [0.15, 0.2) is 5.96 Å². The Morgan fingerprint density at radius 1 is 1.00 bits per heavy atom. The van der Waals surface area contributed by atoms with Crippen LogP contribution >= 0.6 is 0 Å². The molecule has 2 heterocycles. The monoisotopic (exact) mass is 241 g/mol. The zero-order chi connectivity index (χ0) is 12.5. The molecule has 0 atom stereocenters. The van der Waals surface area contributed by atoms with Crippen molar-refractivity contribution in [1.29, 1.82) is 5.41 Å². The van der Waals surface area contributed by atoms with Gasteiger partial charge in [-0.25, -0.2) is 0 Å². The van der Waals surface area contributed by atoms with E-state index in [1.54, 1.807) is 6.08 Å². The lowest BCUT2D eigenvalue weighted by Crippen LogP contribution is -2.51. The summed E-state index contributed by atoms with van der Waals surface area (Å²) in [7, 11) is 0. The molecule has 0 aliphatic carbocycles. The molecule has 98 valence electrons. The minimum absolute atomic E-state index is 0.636. The van der Waals surface area contributed by atoms with E-state index in [4.69, 9.17) is 14.9 Å². The molecule has 0 radical (unpaired) electrons. The van der Waals surface area contributed by atoms with Crippen LogP contribution < -0.4 is 0 Å². The molecule has 0 saturated carbocycles. The molecular formula is C12H23N3O2. The van der Waals surface area contributed by atoms with Crippen molar-refractivity contribution < 1.29 is 9.47 Å². The lowest BCUT2D eigenvalue weighted by atomic mass is 10.4. The molecule has 5 heteroatoms. The van der Waals surface area contributed by atoms with Gasteiger partial charge in [-0.05, 0) is 6.92 Å². The second kappa shape index (κ2) is 8.08. The zero-order valence-electron chi connectivity index (χ0n) is 10.7. The van der Waals surface area contributed by atoms with Crippen molar-refractivity contribution in [2.45, 2.75) is 6.92 Å². The third-order valence-corrected chi connectivity index (χ3v) is 2.62. The van der Waals surface area contributed by atoms with Crippen LogP contribution in [0.5, 0.6) is 0 Å². The fourth-order valence-corrected chi connectivity index (χ4v) is 1.75. The summed E-state index contributed by atoms with van der Waals surface area (Å²) in [6.07, 6.45) is 1.75. The predicted octanol–water partition coefficient (Wildman–Crippen LogP) is 0.778. The van der Waals surface area contributed by atoms with Gasteiger partial charge in [0.05, 0.1) is 26.4 Å². The number of nitrogens with one attached hydrogen (secondary N) is 1. The molecule has 0 bridgehead atoms. The summed E-state index contributed by atoms with van der Waals surface area (Å²) in [5.41, 5.74) is 0. The Labute approximate surface area is 103 Å². The Hall–Kier alpha value is -1.07. The maximum atomic E-state index is 8.02. The normalized spacial score (nSPS) is 20.3. The third-order valence-electron chi connectivity index (χ3n) is 2.62. The SMILES string of the molecule is C=CC.N=C(N1CCOCC1)N1CCOCC1. The van der Waals surface area contributed by atoms with Gasteiger partial charge < -0.3 is 19.3 Å². The smallest absolute Gasteiger partial charge is 0.194 e. The first-order valence-corrected chi connectivity index (χ1v) is 6.10. The van der Waals surface area contributed by atoms with Gasteiger partial charge in [0.1, 0.15) is 0 Å². The highest BCUT2D eigenvalue weighted by atomic mass is 16.5. The number of hydrogen-bond acceptors (Lipinski definition) is 3. The Balaban J connectivity index is 0.000000437. The minimum Gasteiger partial charge on any atom is -0.378 e. The number of allylic oxidation sites excluding steroid dienone is 1. The summed E-state index contributed by atoms with van der Waals surface area (Å²) in [6.45, 7) is 11.6. The first kappa shape index (κ1) is 14.0. The predicted molar refractivity (Wildman–Crippen MR) is 68.4 cm³/mol. The molecule has 0 spiro atoms. The Bertz CT molecular complexity index is 214. The van der Waals surface area contributed by atoms with Crippen LogP contribution in [0, 0.1) is 5.41 Å². The molecular weight excluding hydrogens is 218 g/mol. The van der Waals surface area contributed by atoms with Gasteiger partial charge in [-0.1, -0.05) is 6.08 Å². The van der Waals surface area contributed by atoms with E-state index in [-0.39, 0.29) is 0 Å². The quantitative estimate of drug-likeness (QED) is 0.387. The van der Waals surface area contributed by atoms with E-state index in [1.165, 1.54) is 0 Å². The highest BCUT2D eigenvalue weighted by Gasteiger charge is 2.20. The van der Waals surface area contributed by atoms with Crippen LogP contribution in [-0.2, 0) is 9.47 Å². The maximum absolute atomic E-state index is 8.02. The first-order chi connectivity index (χ1) is 8.29. The van der Waals surface area contributed by atoms with Crippen LogP contribution in [0.25, 0.3) is 0 Å². The van der Waals surface area contributed by atoms with Crippen LogP contribution in [0.1, 0.15) is 6.92 Å². The van der Waals surface area contributed by atoms with Crippen molar-refractivity contribution in [2.24, 2.45) is 0 Å². The van der Waals surface area contributed by atoms with Crippen molar-refractivity contribution in [3.8, 4) is 0 Å². The zero-order valence-corrected chi connectivity index (χ0v) is 10.7. The number of hydrogen-bond donors (Lipinski definition) is 1. The van der Waals surface area contributed by atoms with Gasteiger partial charge in [-0.15, -0.1) is 6.58 Å². The van der Waals surface area contributed by atoms with Crippen molar-refractivity contribution in [2.75, 3.05) is 52.6 Å². The van der Waals surface area contributed by atoms with Gasteiger partial charge in [0.2, 0.25) is 0 Å². The van der Waals surface area contributed by atoms with E-state index in [9.17, 15) is 0 Å². The van der Waals surface area contributed by atoms with Crippen LogP contribution in [-0.4, -0.2) is 68.4 Å². The average molecular weight is 241 g/mol. The Morgan fingerprint density at radius 3 is 1.59 bits per heavy atom. The fourth-order valence-electron chi connectivity index (χ4n) is 1.75. The Kier molecular flexibility index (Phi) is 6.65. The summed E-state index contributed by atoms with van der Waals surface area (Å²) in [4.78, 5) is 4.16. The summed E-state index contributed by atoms with van der Waals surface area (Å²) in [5, 5.41) is 8.02. The second-order valence-electron chi connectivity index (χ2n) is 3.93. The molecule has 2 aliphatic rings. The van der Waals surface area contributed by atoms with Gasteiger partial charge in [0.25, 0.3) is 0 Å². The van der Waals surface area contributed by atoms with Crippen LogP contribution in [0.3, 0.4) is 0 Å². The first-order valence-electron chi connectivity index (χ1n) is 6.10. The molecule has 1 N–H and O–H groups in total. The molecule has 2 rings (SSSR count). The number of ether oxygens (including phenoxy) is 2. The number of morpholine rings is 2. The highest BCUT2D eigenvalue weighted by molar-refractivity contribution is 5.77. The van der Waals surface area contributed by atoms with Crippen LogP contribution in [0.4, 0.5) is 0 Å². The molecule has 0 aromatic heterocycles. The molecule has 0 aromatic rings. The number of rotatable bonds is 0. The average Bonchev–Trinajstić information content (AvgIpc) is 2.41. The standard InChI is InChI=1S/C9H17N3O2.C3H6/c10-9(11-1-5-13-6-2-11)12-3-7-14-8-4-12;1-3-2/h10H,1-8H2;3H,1H2,2H3. The van der Waals surface area contributed by atoms with Crippen LogP contribution in [0.2, 0.25) is 0 Å². The van der Waals surface area contributed by atoms with Gasteiger partial charge >= 0.3 is 0 Å². The minimum atomic E-state index is 0.636. The number of guanidine groups is 1. The van der Waals surface area contributed by atoms with Gasteiger partial charge in [-0.3, -0.25) is 5.41 Å². The van der Waals surface area contributed by atoms with Crippen molar-refractivity contribution >= 4 is 5.96 Å². The lowest BCUT2D eigenvalue weighted by molar-refractivity contribution is 0.0414. The molecule has 17 heavy (non-hydrogen) atoms. The second-order valence-corrected chi connectivity index (χ2v) is 3.93. The molecule has 5 nitrogen and oxygen atoms in total. The summed E-state index contributed by atoms with van der Waals surface area (Å²) in [6, 6.07) is 0. The highest BCUT2D eigenvalue weighted by Crippen LogP contribution is 2.04. The van der Waals surface area contributed by atoms with Gasteiger partial charge in [-0.2, -0.15) is 0 Å². The van der Waals surface area contributed by atoms with E-state index in [1.807, 2.05) is 6.92 Å². The molecule has 2 saturated heterocycles. The molecule has 0 aromatic carbocycles. The maximum Gasteiger partial charge on any atom is 0.194 e. The largest absolute Gasteiger partial charge is 0.378 e. The summed E-state index contributed by atoms with van der Waals surface area (Å²) in [5.74, 6) is 0.636. The molecule has 2 aliphatic heterocycles. The lowest BCUT2D eigenvalue weighted by Gasteiger charge is -2.37. The molecule has 0 unspecified atom stereocenters. The van der Waals surface area contributed by atoms with Gasteiger partial charge in [0, 0.05) is 26.2 Å². The van der Waals surface area contributed by atoms with E-state index < -0.39 is 0 Å². The third kappa shape index (κ3) is 4.75. The summed E-state index contributed by atoms with van der Waals surface area (Å²) < 4.78 is 10.5. The van der Waals surface area contributed by atoms with Crippen molar-refractivity contribution in [3.05, 3.63) is 12.7 Å². The van der Waals surface area contributed by atoms with Crippen molar-refractivity contribution in [3.63, 3.8) is 0 Å². The fraction of sp³-hybridized carbons (Fsp3) is 0.750. The van der Waals surface area contributed by atoms with Crippen LogP contribution in [0.15, 0.2) is 12.7 Å². The molecule has 0 amide bonds. The van der Waals surface area contributed by atoms with Crippen molar-refractivity contribution in [1.82, 2.24) is 9.80 Å². The molecule has 2 fully saturated rings. The van der Waals surface area contributed by atoms with E-state index in [0.29, 0.717) is 5.96 Å². The summed E-state index contributed by atoms with van der Waals surface area (Å²) >= 11 is 0. The Morgan fingerprint density at radius 2 is 1.29 bits per heavy atom. The van der Waals surface area contributed by atoms with E-state index >= 15 is 0 Å². The topological polar surface area (TPSA) is 48.8 Å². The number of nitrogens with zero attached hydrogens (tertiary/aromatic N) is 2. The van der Waals surface area contributed by atoms with E-state index in [0.717, 1.165) is 52.6 Å². The van der Waals surface area contributed by atoms with E-state index in [2.05, 4.69) is 16.4 Å².